The molecule has 0 aliphatic heterocycles. The van der Waals surface area contributed by atoms with Gasteiger partial charge in [-0.1, -0.05) is 6.58 Å². The van der Waals surface area contributed by atoms with Gasteiger partial charge in [0.15, 0.2) is 0 Å². The van der Waals surface area contributed by atoms with Crippen LogP contribution in [0.4, 0.5) is 0 Å². The Morgan fingerprint density at radius 1 is 0.857 bits per heavy atom. The second-order valence-corrected chi connectivity index (χ2v) is 8.85. The highest BCUT2D eigenvalue weighted by Gasteiger charge is 2.23. The molecule has 0 unspecified atom stereocenters. The summed E-state index contributed by atoms with van der Waals surface area (Å²) in [6, 6.07) is 0. The molecule has 0 N–H and O–H groups in total. The van der Waals surface area contributed by atoms with E-state index in [9.17, 15) is 9.59 Å². The Kier molecular flexibility index (Phi) is 9.56. The maximum atomic E-state index is 12.2. The van der Waals surface area contributed by atoms with Gasteiger partial charge in [-0.25, -0.2) is 9.59 Å². The largest absolute Gasteiger partial charge is 0.459 e. The smallest absolute Gasteiger partial charge is 0.340 e. The molecule has 0 amide bonds. The number of ether oxygens (including phenoxy) is 2. The van der Waals surface area contributed by atoms with Crippen LogP contribution in [0.2, 0.25) is 0 Å². The fourth-order valence-electron chi connectivity index (χ4n) is 1.19. The van der Waals surface area contributed by atoms with Gasteiger partial charge in [0.1, 0.15) is 13.2 Å². The zero-order valence-corrected chi connectivity index (χ0v) is 21.0. The quantitative estimate of drug-likeness (QED) is 0.109. The molecule has 114 valence electrons. The van der Waals surface area contributed by atoms with E-state index in [-0.39, 0.29) is 13.2 Å². The molecule has 1 rings (SSSR count). The monoisotopic (exact) mass is 850 g/mol. The lowest BCUT2D eigenvalue weighted by Gasteiger charge is -2.13. The van der Waals surface area contributed by atoms with E-state index in [1.165, 1.54) is 0 Å². The SMILES string of the molecule is C=CC(=O)OCCOC(=O)c1c(I)c(I)c(I)c(I)c1I. The van der Waals surface area contributed by atoms with Gasteiger partial charge >= 0.3 is 11.9 Å². The lowest BCUT2D eigenvalue weighted by Crippen LogP contribution is -2.16. The Morgan fingerprint density at radius 2 is 1.29 bits per heavy atom. The number of halogens is 5. The first-order valence-electron chi connectivity index (χ1n) is 5.29. The van der Waals surface area contributed by atoms with E-state index < -0.39 is 11.9 Å². The Hall–Kier alpha value is 1.55. The summed E-state index contributed by atoms with van der Waals surface area (Å²) in [4.78, 5) is 23.1. The van der Waals surface area contributed by atoms with Crippen molar-refractivity contribution in [2.75, 3.05) is 13.2 Å². The highest BCUT2D eigenvalue weighted by atomic mass is 127. The highest BCUT2D eigenvalue weighted by molar-refractivity contribution is 14.1. The molecule has 1 aromatic rings. The zero-order valence-electron chi connectivity index (χ0n) is 10.2. The van der Waals surface area contributed by atoms with Gasteiger partial charge in [0.25, 0.3) is 0 Å². The van der Waals surface area contributed by atoms with E-state index in [0.717, 1.165) is 23.9 Å². The van der Waals surface area contributed by atoms with Crippen molar-refractivity contribution in [3.8, 4) is 0 Å². The first kappa shape index (κ1) is 20.6. The number of carbonyl (C=O) groups excluding carboxylic acids is 2. The molecule has 0 heterocycles. The molecule has 4 nitrogen and oxygen atoms in total. The lowest BCUT2D eigenvalue weighted by molar-refractivity contribution is -0.138. The molecule has 0 radical (unpaired) electrons. The van der Waals surface area contributed by atoms with Gasteiger partial charge in [0, 0.05) is 23.9 Å². The van der Waals surface area contributed by atoms with Gasteiger partial charge < -0.3 is 9.47 Å². The summed E-state index contributed by atoms with van der Waals surface area (Å²) in [7, 11) is 0. The molecule has 0 aliphatic rings. The van der Waals surface area contributed by atoms with Crippen LogP contribution in [0.25, 0.3) is 0 Å². The maximum Gasteiger partial charge on any atom is 0.340 e. The Bertz CT molecular complexity index is 571. The van der Waals surface area contributed by atoms with Gasteiger partial charge in [-0.2, -0.15) is 0 Å². The summed E-state index contributed by atoms with van der Waals surface area (Å²) in [5.74, 6) is -0.945. The number of hydrogen-bond acceptors (Lipinski definition) is 4. The highest BCUT2D eigenvalue weighted by Crippen LogP contribution is 2.33. The van der Waals surface area contributed by atoms with Gasteiger partial charge in [-0.05, 0) is 113 Å². The van der Waals surface area contributed by atoms with Crippen LogP contribution in [0, 0.1) is 17.9 Å². The minimum Gasteiger partial charge on any atom is -0.459 e. The number of benzene rings is 1. The van der Waals surface area contributed by atoms with Crippen molar-refractivity contribution in [3.05, 3.63) is 36.1 Å². The molecule has 21 heavy (non-hydrogen) atoms. The van der Waals surface area contributed by atoms with Crippen molar-refractivity contribution in [1.82, 2.24) is 0 Å². The van der Waals surface area contributed by atoms with Crippen molar-refractivity contribution >= 4 is 125 Å². The van der Waals surface area contributed by atoms with Crippen molar-refractivity contribution in [2.45, 2.75) is 0 Å². The molecule has 0 fully saturated rings. The minimum atomic E-state index is -0.534. The van der Waals surface area contributed by atoms with E-state index >= 15 is 0 Å². The summed E-state index contributed by atoms with van der Waals surface area (Å²) in [5, 5.41) is 0. The summed E-state index contributed by atoms with van der Waals surface area (Å²) < 4.78 is 14.9. The summed E-state index contributed by atoms with van der Waals surface area (Å²) in [6.45, 7) is 3.32. The number of rotatable bonds is 5. The molecule has 0 saturated heterocycles. The van der Waals surface area contributed by atoms with Crippen LogP contribution in [0.15, 0.2) is 12.7 Å². The van der Waals surface area contributed by atoms with Crippen molar-refractivity contribution in [3.63, 3.8) is 0 Å². The van der Waals surface area contributed by atoms with Gasteiger partial charge in [0.05, 0.1) is 5.56 Å². The van der Waals surface area contributed by atoms with Crippen LogP contribution in [-0.4, -0.2) is 25.2 Å². The third-order valence-electron chi connectivity index (χ3n) is 2.14. The van der Waals surface area contributed by atoms with Crippen molar-refractivity contribution in [2.24, 2.45) is 0 Å². The molecule has 0 aromatic heterocycles. The van der Waals surface area contributed by atoms with E-state index in [0.29, 0.717) is 5.56 Å². The molecule has 0 spiro atoms. The standard InChI is InChI=1S/C12H7I5O4/c1-2-5(18)20-3-4-21-12(19)6-7(13)9(15)11(17)10(16)8(6)14/h2H,1,3-4H2. The molecule has 0 atom stereocenters. The molecular formula is C12H7I5O4. The van der Waals surface area contributed by atoms with Crippen LogP contribution in [0.3, 0.4) is 0 Å². The third kappa shape index (κ3) is 5.54. The van der Waals surface area contributed by atoms with Crippen molar-refractivity contribution in [1.29, 1.82) is 0 Å². The third-order valence-corrected chi connectivity index (χ3v) is 11.7. The lowest BCUT2D eigenvalue weighted by atomic mass is 10.2. The van der Waals surface area contributed by atoms with Gasteiger partial charge in [-0.15, -0.1) is 0 Å². The molecule has 9 heteroatoms. The van der Waals surface area contributed by atoms with Crippen LogP contribution >= 0.6 is 113 Å². The number of esters is 2. The summed E-state index contributed by atoms with van der Waals surface area (Å²) in [6.07, 6.45) is 1.07. The summed E-state index contributed by atoms with van der Waals surface area (Å²) >= 11 is 11.0. The molecular weight excluding hydrogens is 843 g/mol. The Morgan fingerprint density at radius 3 is 1.76 bits per heavy atom. The topological polar surface area (TPSA) is 52.6 Å². The van der Waals surface area contributed by atoms with Gasteiger partial charge in [-0.3, -0.25) is 0 Å². The van der Waals surface area contributed by atoms with Crippen LogP contribution in [0.5, 0.6) is 0 Å². The van der Waals surface area contributed by atoms with E-state index in [4.69, 9.17) is 9.47 Å². The zero-order chi connectivity index (χ0) is 16.2. The van der Waals surface area contributed by atoms with E-state index in [2.05, 4.69) is 120 Å². The van der Waals surface area contributed by atoms with E-state index in [1.807, 2.05) is 0 Å². The molecule has 0 saturated carbocycles. The Labute approximate surface area is 190 Å². The average molecular weight is 850 g/mol. The summed E-state index contributed by atoms with van der Waals surface area (Å²) in [5.41, 5.74) is 0.556. The normalized spacial score (nSPS) is 10.1. The van der Waals surface area contributed by atoms with Crippen LogP contribution < -0.4 is 0 Å². The molecule has 1 aromatic carbocycles. The second kappa shape index (κ2) is 9.75. The fraction of sp³-hybridized carbons (Fsp3) is 0.167. The first-order chi connectivity index (χ1) is 9.81. The number of carbonyl (C=O) groups is 2. The fourth-order valence-corrected chi connectivity index (χ4v) is 6.39. The minimum absolute atomic E-state index is 0.0162. The van der Waals surface area contributed by atoms with E-state index in [1.54, 1.807) is 0 Å². The molecule has 0 bridgehead atoms. The predicted octanol–water partition coefficient (Wildman–Crippen LogP) is 4.60. The van der Waals surface area contributed by atoms with Crippen molar-refractivity contribution < 1.29 is 19.1 Å². The second-order valence-electron chi connectivity index (χ2n) is 3.45. The maximum absolute atomic E-state index is 12.2. The first-order valence-corrected chi connectivity index (χ1v) is 10.7. The Balaban J connectivity index is 2.84. The molecule has 0 aliphatic carbocycles. The van der Waals surface area contributed by atoms with Crippen LogP contribution in [0.1, 0.15) is 10.4 Å². The van der Waals surface area contributed by atoms with Gasteiger partial charge in [0.2, 0.25) is 0 Å². The average Bonchev–Trinajstić information content (AvgIpc) is 2.47. The number of hydrogen-bond donors (Lipinski definition) is 0. The van der Waals surface area contributed by atoms with Crippen LogP contribution in [-0.2, 0) is 14.3 Å². The predicted molar refractivity (Wildman–Crippen MR) is 121 cm³/mol.